The SMILES string of the molecule is N#Cc1cc(Br)c(S(=O)(=O)Cl)cc1I. The molecule has 0 radical (unpaired) electrons. The summed E-state index contributed by atoms with van der Waals surface area (Å²) in [4.78, 5) is -0.0254. The van der Waals surface area contributed by atoms with Crippen LogP contribution in [0.25, 0.3) is 0 Å². The molecule has 3 nitrogen and oxygen atoms in total. The van der Waals surface area contributed by atoms with Gasteiger partial charge < -0.3 is 0 Å². The highest BCUT2D eigenvalue weighted by Gasteiger charge is 2.16. The molecular weight excluding hydrogens is 404 g/mol. The minimum atomic E-state index is -3.77. The molecule has 1 aromatic carbocycles. The van der Waals surface area contributed by atoms with Crippen molar-refractivity contribution in [1.82, 2.24) is 0 Å². The normalized spacial score (nSPS) is 11.0. The van der Waals surface area contributed by atoms with Gasteiger partial charge in [-0.05, 0) is 50.7 Å². The van der Waals surface area contributed by atoms with Crippen LogP contribution in [0.4, 0.5) is 0 Å². The van der Waals surface area contributed by atoms with Gasteiger partial charge in [-0.1, -0.05) is 0 Å². The zero-order valence-corrected chi connectivity index (χ0v) is 11.8. The zero-order chi connectivity index (χ0) is 10.9. The summed E-state index contributed by atoms with van der Waals surface area (Å²) in [6, 6.07) is 4.72. The van der Waals surface area contributed by atoms with Crippen molar-refractivity contribution >= 4 is 58.3 Å². The largest absolute Gasteiger partial charge is 0.262 e. The van der Waals surface area contributed by atoms with E-state index in [4.69, 9.17) is 15.9 Å². The van der Waals surface area contributed by atoms with E-state index in [9.17, 15) is 8.42 Å². The lowest BCUT2D eigenvalue weighted by Crippen LogP contribution is -1.95. The molecule has 0 heterocycles. The van der Waals surface area contributed by atoms with Crippen LogP contribution in [0.2, 0.25) is 0 Å². The average molecular weight is 406 g/mol. The first-order valence-electron chi connectivity index (χ1n) is 3.20. The van der Waals surface area contributed by atoms with Crippen LogP contribution >= 0.6 is 49.2 Å². The number of nitrogens with zero attached hydrogens (tertiary/aromatic N) is 1. The maximum absolute atomic E-state index is 11.1. The van der Waals surface area contributed by atoms with Crippen LogP contribution in [-0.2, 0) is 9.05 Å². The molecule has 1 aromatic rings. The standard InChI is InChI=1S/C7H2BrClINO2S/c8-5-1-4(3-11)6(10)2-7(5)14(9,12)13/h1-2H. The van der Waals surface area contributed by atoms with Crippen LogP contribution < -0.4 is 0 Å². The van der Waals surface area contributed by atoms with Crippen LogP contribution in [0.3, 0.4) is 0 Å². The van der Waals surface area contributed by atoms with Crippen molar-refractivity contribution in [1.29, 1.82) is 5.26 Å². The van der Waals surface area contributed by atoms with Gasteiger partial charge in [0, 0.05) is 18.7 Å². The van der Waals surface area contributed by atoms with Crippen LogP contribution in [-0.4, -0.2) is 8.42 Å². The molecule has 0 unspecified atom stereocenters. The Morgan fingerprint density at radius 3 is 2.50 bits per heavy atom. The Hall–Kier alpha value is 0.160. The highest BCUT2D eigenvalue weighted by molar-refractivity contribution is 14.1. The van der Waals surface area contributed by atoms with Crippen LogP contribution in [0.1, 0.15) is 5.56 Å². The molecule has 14 heavy (non-hydrogen) atoms. The van der Waals surface area contributed by atoms with Crippen molar-refractivity contribution in [2.45, 2.75) is 4.90 Å². The molecule has 0 bridgehead atoms. The fourth-order valence-electron chi connectivity index (χ4n) is 0.801. The Morgan fingerprint density at radius 2 is 2.07 bits per heavy atom. The first kappa shape index (κ1) is 12.2. The van der Waals surface area contributed by atoms with Crippen molar-refractivity contribution in [3.05, 3.63) is 25.7 Å². The Labute approximate surface area is 108 Å². The first-order valence-corrected chi connectivity index (χ1v) is 7.38. The second-order valence-corrected chi connectivity index (χ2v) is 6.86. The number of rotatable bonds is 1. The molecule has 0 N–H and O–H groups in total. The number of hydrogen-bond donors (Lipinski definition) is 0. The lowest BCUT2D eigenvalue weighted by atomic mass is 10.2. The third-order valence-corrected chi connectivity index (χ3v) is 4.58. The van der Waals surface area contributed by atoms with Crippen LogP contribution in [0.5, 0.6) is 0 Å². The van der Waals surface area contributed by atoms with E-state index in [0.717, 1.165) is 0 Å². The molecular formula is C7H2BrClINO2S. The van der Waals surface area contributed by atoms with Crippen molar-refractivity contribution in [3.63, 3.8) is 0 Å². The molecule has 0 atom stereocenters. The van der Waals surface area contributed by atoms with Gasteiger partial charge in [-0.25, -0.2) is 8.42 Å². The van der Waals surface area contributed by atoms with Gasteiger partial charge in [-0.15, -0.1) is 0 Å². The highest BCUT2D eigenvalue weighted by atomic mass is 127. The van der Waals surface area contributed by atoms with Gasteiger partial charge in [0.05, 0.1) is 10.5 Å². The summed E-state index contributed by atoms with van der Waals surface area (Å²) in [5, 5.41) is 8.68. The molecule has 74 valence electrons. The van der Waals surface area contributed by atoms with Crippen molar-refractivity contribution in [3.8, 4) is 6.07 Å². The zero-order valence-electron chi connectivity index (χ0n) is 6.46. The summed E-state index contributed by atoms with van der Waals surface area (Å²) in [7, 11) is 1.42. The molecule has 0 spiro atoms. The minimum absolute atomic E-state index is 0.0254. The second kappa shape index (κ2) is 4.35. The lowest BCUT2D eigenvalue weighted by Gasteiger charge is -2.02. The maximum Gasteiger partial charge on any atom is 0.262 e. The van der Waals surface area contributed by atoms with E-state index in [2.05, 4.69) is 15.9 Å². The fraction of sp³-hybridized carbons (Fsp3) is 0. The fourth-order valence-corrected chi connectivity index (χ4v) is 3.80. The molecule has 0 fully saturated rings. The van der Waals surface area contributed by atoms with Crippen molar-refractivity contribution < 1.29 is 8.42 Å². The first-order chi connectivity index (χ1) is 6.36. The summed E-state index contributed by atoms with van der Waals surface area (Å²) < 4.78 is 23.0. The van der Waals surface area contributed by atoms with Gasteiger partial charge in [-0.2, -0.15) is 5.26 Å². The third-order valence-electron chi connectivity index (χ3n) is 1.40. The Morgan fingerprint density at radius 1 is 1.50 bits per heavy atom. The molecule has 0 amide bonds. The van der Waals surface area contributed by atoms with E-state index in [1.54, 1.807) is 0 Å². The average Bonchev–Trinajstić information content (AvgIpc) is 2.06. The molecule has 0 aliphatic rings. The van der Waals surface area contributed by atoms with E-state index in [1.165, 1.54) is 12.1 Å². The number of nitriles is 1. The number of halogens is 3. The van der Waals surface area contributed by atoms with Crippen molar-refractivity contribution in [2.24, 2.45) is 0 Å². The van der Waals surface area contributed by atoms with E-state index >= 15 is 0 Å². The smallest absolute Gasteiger partial charge is 0.207 e. The van der Waals surface area contributed by atoms with Gasteiger partial charge in [0.2, 0.25) is 0 Å². The third kappa shape index (κ3) is 2.59. The second-order valence-electron chi connectivity index (χ2n) is 2.31. The molecule has 0 saturated heterocycles. The summed E-state index contributed by atoms with van der Waals surface area (Å²) in [6.07, 6.45) is 0. The molecule has 7 heteroatoms. The Bertz CT molecular complexity index is 523. The van der Waals surface area contributed by atoms with Gasteiger partial charge >= 0.3 is 0 Å². The molecule has 0 aromatic heterocycles. The van der Waals surface area contributed by atoms with Gasteiger partial charge in [0.1, 0.15) is 6.07 Å². The minimum Gasteiger partial charge on any atom is -0.207 e. The number of hydrogen-bond acceptors (Lipinski definition) is 3. The Kier molecular flexibility index (Phi) is 3.80. The van der Waals surface area contributed by atoms with E-state index in [1.807, 2.05) is 28.7 Å². The Balaban J connectivity index is 3.54. The predicted molar refractivity (Wildman–Crippen MR) is 64.6 cm³/mol. The van der Waals surface area contributed by atoms with E-state index < -0.39 is 9.05 Å². The topological polar surface area (TPSA) is 57.9 Å². The molecule has 1 rings (SSSR count). The lowest BCUT2D eigenvalue weighted by molar-refractivity contribution is 0.609. The summed E-state index contributed by atoms with van der Waals surface area (Å²) in [5.74, 6) is 0. The summed E-state index contributed by atoms with van der Waals surface area (Å²) >= 11 is 4.92. The highest BCUT2D eigenvalue weighted by Crippen LogP contribution is 2.28. The summed E-state index contributed by atoms with van der Waals surface area (Å²) in [6.45, 7) is 0. The van der Waals surface area contributed by atoms with E-state index in [0.29, 0.717) is 13.6 Å². The summed E-state index contributed by atoms with van der Waals surface area (Å²) in [5.41, 5.74) is 0.404. The van der Waals surface area contributed by atoms with Crippen LogP contribution in [0, 0.1) is 14.9 Å². The molecule has 0 aliphatic carbocycles. The van der Waals surface area contributed by atoms with Gasteiger partial charge in [-0.3, -0.25) is 0 Å². The van der Waals surface area contributed by atoms with E-state index in [-0.39, 0.29) is 4.90 Å². The number of benzene rings is 1. The maximum atomic E-state index is 11.1. The quantitative estimate of drug-likeness (QED) is 0.532. The van der Waals surface area contributed by atoms with Gasteiger partial charge in [0.15, 0.2) is 0 Å². The van der Waals surface area contributed by atoms with Gasteiger partial charge in [0.25, 0.3) is 9.05 Å². The van der Waals surface area contributed by atoms with Crippen molar-refractivity contribution in [2.75, 3.05) is 0 Å². The molecule has 0 saturated carbocycles. The predicted octanol–water partition coefficient (Wildman–Crippen LogP) is 2.85. The van der Waals surface area contributed by atoms with Crippen LogP contribution in [0.15, 0.2) is 21.5 Å². The monoisotopic (exact) mass is 405 g/mol. The molecule has 0 aliphatic heterocycles.